The molecule has 0 aliphatic heterocycles. The quantitative estimate of drug-likeness (QED) is 0.167. The third-order valence-electron chi connectivity index (χ3n) is 15.1. The van der Waals surface area contributed by atoms with Gasteiger partial charge in [0.2, 0.25) is 0 Å². The maximum atomic E-state index is 2.47. The molecule has 10 aromatic carbocycles. The van der Waals surface area contributed by atoms with Crippen LogP contribution in [0.2, 0.25) is 0 Å². The van der Waals surface area contributed by atoms with Crippen molar-refractivity contribution in [1.29, 1.82) is 0 Å². The monoisotopic (exact) mass is 857 g/mol. The predicted molar refractivity (Wildman–Crippen MR) is 279 cm³/mol. The van der Waals surface area contributed by atoms with Gasteiger partial charge in [0.15, 0.2) is 0 Å². The molecule has 14 rings (SSSR count). The van der Waals surface area contributed by atoms with Crippen LogP contribution in [0.5, 0.6) is 0 Å². The highest BCUT2D eigenvalue weighted by Gasteiger charge is 2.53. The van der Waals surface area contributed by atoms with Gasteiger partial charge in [-0.15, -0.1) is 11.3 Å². The normalized spacial score (nSPS) is 15.6. The minimum atomic E-state index is -0.479. The van der Waals surface area contributed by atoms with Gasteiger partial charge in [-0.05, 0) is 114 Å². The summed E-state index contributed by atoms with van der Waals surface area (Å²) in [5.74, 6) is 0. The first-order valence-corrected chi connectivity index (χ1v) is 23.9. The molecule has 0 saturated heterocycles. The highest BCUT2D eigenvalue weighted by molar-refractivity contribution is 7.26. The van der Waals surface area contributed by atoms with E-state index in [1.165, 1.54) is 109 Å². The SMILES string of the molecule is CC1(C)c2ccccc2-c2ccc(N(c3ccc(-c4cccc5c4C4(c6ccccc6-5)c5ccccc5-c5c4ccc4c5sc5ccccc54)cc3)c3ccccc3-c3ccccc3)cc21. The summed E-state index contributed by atoms with van der Waals surface area (Å²) in [5, 5.41) is 2.67. The second-order valence-electron chi connectivity index (χ2n) is 18.7. The Bertz CT molecular complexity index is 3800. The van der Waals surface area contributed by atoms with Crippen LogP contribution >= 0.6 is 11.3 Å². The van der Waals surface area contributed by atoms with E-state index in [1.807, 2.05) is 11.3 Å². The fourth-order valence-electron chi connectivity index (χ4n) is 12.3. The lowest BCUT2D eigenvalue weighted by molar-refractivity contribution is 0.660. The van der Waals surface area contributed by atoms with Gasteiger partial charge < -0.3 is 4.90 Å². The maximum absolute atomic E-state index is 2.47. The molecule has 0 radical (unpaired) electrons. The minimum absolute atomic E-state index is 0.127. The summed E-state index contributed by atoms with van der Waals surface area (Å²) in [6.07, 6.45) is 0. The first kappa shape index (κ1) is 37.6. The zero-order chi connectivity index (χ0) is 43.7. The molecule has 0 fully saturated rings. The van der Waals surface area contributed by atoms with Gasteiger partial charge in [0.05, 0.1) is 11.1 Å². The van der Waals surface area contributed by atoms with Crippen molar-refractivity contribution in [3.63, 3.8) is 0 Å². The third kappa shape index (κ3) is 5.00. The molecule has 1 atom stereocenters. The smallest absolute Gasteiger partial charge is 0.0732 e. The zero-order valence-electron chi connectivity index (χ0n) is 36.7. The molecule has 3 aliphatic carbocycles. The fourth-order valence-corrected chi connectivity index (χ4v) is 13.5. The number of rotatable bonds is 5. The Morgan fingerprint density at radius 1 is 0.364 bits per heavy atom. The summed E-state index contributed by atoms with van der Waals surface area (Å²) in [7, 11) is 0. The molecule has 2 heteroatoms. The van der Waals surface area contributed by atoms with Gasteiger partial charge in [0.1, 0.15) is 0 Å². The lowest BCUT2D eigenvalue weighted by atomic mass is 9.68. The van der Waals surface area contributed by atoms with E-state index >= 15 is 0 Å². The number of anilines is 3. The van der Waals surface area contributed by atoms with Crippen LogP contribution in [0, 0.1) is 0 Å². The predicted octanol–water partition coefficient (Wildman–Crippen LogP) is 17.5. The first-order chi connectivity index (χ1) is 32.5. The molecule has 0 bridgehead atoms. The summed E-state index contributed by atoms with van der Waals surface area (Å²) in [6, 6.07) is 84.3. The van der Waals surface area contributed by atoms with Crippen molar-refractivity contribution in [2.75, 3.05) is 4.90 Å². The highest BCUT2D eigenvalue weighted by Crippen LogP contribution is 2.66. The standard InChI is InChI=1S/C64H43NS/c1-63(2)53-26-11-6-20-46(53)48-36-35-43(39-57(48)63)65(58-29-14-9-19-44(58)40-17-4-3-5-18-40)42-33-31-41(32-34-42)45-24-16-25-50-47-21-7-12-27-54(47)64(61(45)50)55-28-13-8-23-52(55)60-56(64)38-37-51-49-22-10-15-30-59(49)66-62(51)60/h3-39H,1-2H3. The number of hydrogen-bond donors (Lipinski definition) is 0. The molecular weight excluding hydrogens is 815 g/mol. The molecule has 1 nitrogen and oxygen atoms in total. The second kappa shape index (κ2) is 13.9. The number of nitrogens with zero attached hydrogens (tertiary/aromatic N) is 1. The molecule has 1 aromatic heterocycles. The molecule has 11 aromatic rings. The van der Waals surface area contributed by atoms with E-state index in [2.05, 4.69) is 243 Å². The Hall–Kier alpha value is -7.78. The van der Waals surface area contributed by atoms with Gasteiger partial charge in [0, 0.05) is 48.1 Å². The fraction of sp³-hybridized carbons (Fsp3) is 0.0625. The van der Waals surface area contributed by atoms with Crippen molar-refractivity contribution in [3.05, 3.63) is 258 Å². The van der Waals surface area contributed by atoms with Crippen LogP contribution in [-0.2, 0) is 10.8 Å². The number of hydrogen-bond acceptors (Lipinski definition) is 2. The van der Waals surface area contributed by atoms with Crippen LogP contribution < -0.4 is 4.90 Å². The molecule has 0 N–H and O–H groups in total. The summed E-state index contributed by atoms with van der Waals surface area (Å²) in [5.41, 5.74) is 23.9. The average Bonchev–Trinajstić information content (AvgIpc) is 4.07. The maximum Gasteiger partial charge on any atom is 0.0732 e. The molecule has 1 unspecified atom stereocenters. The van der Waals surface area contributed by atoms with Gasteiger partial charge >= 0.3 is 0 Å². The highest BCUT2D eigenvalue weighted by atomic mass is 32.1. The van der Waals surface area contributed by atoms with Crippen LogP contribution in [0.15, 0.2) is 224 Å². The van der Waals surface area contributed by atoms with E-state index in [9.17, 15) is 0 Å². The lowest BCUT2D eigenvalue weighted by Gasteiger charge is -2.32. The van der Waals surface area contributed by atoms with E-state index < -0.39 is 5.41 Å². The minimum Gasteiger partial charge on any atom is -0.310 e. The Morgan fingerprint density at radius 3 is 1.74 bits per heavy atom. The van der Waals surface area contributed by atoms with Crippen molar-refractivity contribution in [2.45, 2.75) is 24.7 Å². The van der Waals surface area contributed by atoms with Crippen molar-refractivity contribution in [1.82, 2.24) is 0 Å². The number of para-hydroxylation sites is 1. The van der Waals surface area contributed by atoms with Crippen molar-refractivity contribution in [3.8, 4) is 55.6 Å². The molecule has 310 valence electrons. The van der Waals surface area contributed by atoms with Crippen molar-refractivity contribution in [2.24, 2.45) is 0 Å². The van der Waals surface area contributed by atoms with E-state index in [4.69, 9.17) is 0 Å². The van der Waals surface area contributed by atoms with Gasteiger partial charge in [-0.2, -0.15) is 0 Å². The van der Waals surface area contributed by atoms with Gasteiger partial charge in [-0.25, -0.2) is 0 Å². The summed E-state index contributed by atoms with van der Waals surface area (Å²) >= 11 is 1.93. The summed E-state index contributed by atoms with van der Waals surface area (Å²) in [6.45, 7) is 4.74. The molecule has 0 saturated carbocycles. The van der Waals surface area contributed by atoms with Crippen LogP contribution in [0.3, 0.4) is 0 Å². The van der Waals surface area contributed by atoms with Crippen molar-refractivity contribution < 1.29 is 0 Å². The van der Waals surface area contributed by atoms with E-state index in [0.717, 1.165) is 17.1 Å². The van der Waals surface area contributed by atoms with E-state index in [1.54, 1.807) is 0 Å². The third-order valence-corrected chi connectivity index (χ3v) is 16.3. The topological polar surface area (TPSA) is 3.24 Å². The van der Waals surface area contributed by atoms with E-state index in [-0.39, 0.29) is 5.41 Å². The molecule has 3 aliphatic rings. The van der Waals surface area contributed by atoms with Crippen LogP contribution in [-0.4, -0.2) is 0 Å². The summed E-state index contributed by atoms with van der Waals surface area (Å²) < 4.78 is 2.71. The molecular formula is C64H43NS. The molecule has 1 spiro atoms. The van der Waals surface area contributed by atoms with Crippen LogP contribution in [0.25, 0.3) is 75.8 Å². The van der Waals surface area contributed by atoms with Crippen LogP contribution in [0.1, 0.15) is 47.2 Å². The lowest BCUT2D eigenvalue weighted by Crippen LogP contribution is -2.26. The van der Waals surface area contributed by atoms with Gasteiger partial charge in [-0.1, -0.05) is 202 Å². The van der Waals surface area contributed by atoms with Crippen molar-refractivity contribution >= 4 is 48.6 Å². The first-order valence-electron chi connectivity index (χ1n) is 23.1. The number of thiophene rings is 1. The van der Waals surface area contributed by atoms with Gasteiger partial charge in [-0.3, -0.25) is 0 Å². The van der Waals surface area contributed by atoms with Gasteiger partial charge in [0.25, 0.3) is 0 Å². The van der Waals surface area contributed by atoms with Crippen LogP contribution in [0.4, 0.5) is 17.1 Å². The second-order valence-corrected chi connectivity index (χ2v) is 19.8. The Labute approximate surface area is 389 Å². The number of benzene rings is 10. The Balaban J connectivity index is 0.974. The Kier molecular flexibility index (Phi) is 7.89. The average molecular weight is 858 g/mol. The number of fused-ring (bicyclic) bond motifs is 17. The zero-order valence-corrected chi connectivity index (χ0v) is 37.5. The Morgan fingerprint density at radius 2 is 0.939 bits per heavy atom. The molecule has 0 amide bonds. The largest absolute Gasteiger partial charge is 0.310 e. The molecule has 66 heavy (non-hydrogen) atoms. The summed E-state index contributed by atoms with van der Waals surface area (Å²) in [4.78, 5) is 2.47. The molecule has 1 heterocycles. The van der Waals surface area contributed by atoms with E-state index in [0.29, 0.717) is 0 Å².